The van der Waals surface area contributed by atoms with Crippen LogP contribution >= 0.6 is 11.6 Å². The summed E-state index contributed by atoms with van der Waals surface area (Å²) in [4.78, 5) is 3.09. The van der Waals surface area contributed by atoms with Gasteiger partial charge in [-0.05, 0) is 24.6 Å². The molecule has 1 N–H and O–H groups in total. The van der Waals surface area contributed by atoms with Crippen molar-refractivity contribution < 1.29 is 4.39 Å². The molecule has 0 aliphatic carbocycles. The van der Waals surface area contributed by atoms with Crippen LogP contribution in [0.25, 0.3) is 10.9 Å². The van der Waals surface area contributed by atoms with Crippen molar-refractivity contribution in [1.82, 2.24) is 4.98 Å². The number of benzene rings is 1. The van der Waals surface area contributed by atoms with E-state index in [1.54, 1.807) is 6.07 Å². The standard InChI is InChI=1S/C10H9ClFN/c1-6-7(5-11)10-8(12)3-2-4-9(10)13-6/h2-4,13H,5H2,1H3. The normalized spacial score (nSPS) is 11.0. The Balaban J connectivity index is 2.88. The molecule has 1 heterocycles. The predicted molar refractivity (Wildman–Crippen MR) is 52.6 cm³/mol. The lowest BCUT2D eigenvalue weighted by Gasteiger charge is -1.95. The van der Waals surface area contributed by atoms with Crippen LogP contribution in [0, 0.1) is 12.7 Å². The molecule has 0 radical (unpaired) electrons. The maximum atomic E-state index is 13.4. The number of hydrogen-bond acceptors (Lipinski definition) is 0. The quantitative estimate of drug-likeness (QED) is 0.675. The van der Waals surface area contributed by atoms with Crippen molar-refractivity contribution >= 4 is 22.5 Å². The molecule has 0 unspecified atom stereocenters. The van der Waals surface area contributed by atoms with E-state index in [0.717, 1.165) is 16.8 Å². The molecular weight excluding hydrogens is 189 g/mol. The molecule has 0 spiro atoms. The van der Waals surface area contributed by atoms with Crippen molar-refractivity contribution in [3.8, 4) is 0 Å². The van der Waals surface area contributed by atoms with E-state index in [4.69, 9.17) is 11.6 Å². The SMILES string of the molecule is Cc1[nH]c2cccc(F)c2c1CCl. The van der Waals surface area contributed by atoms with E-state index >= 15 is 0 Å². The summed E-state index contributed by atoms with van der Waals surface area (Å²) in [6.45, 7) is 1.90. The first kappa shape index (κ1) is 8.57. The molecule has 1 nitrogen and oxygen atoms in total. The van der Waals surface area contributed by atoms with Crippen molar-refractivity contribution in [2.45, 2.75) is 12.8 Å². The Bertz CT molecular complexity index is 447. The molecule has 2 aromatic rings. The lowest BCUT2D eigenvalue weighted by molar-refractivity contribution is 0.639. The predicted octanol–water partition coefficient (Wildman–Crippen LogP) is 3.35. The monoisotopic (exact) mass is 197 g/mol. The highest BCUT2D eigenvalue weighted by Gasteiger charge is 2.10. The molecular formula is C10H9ClFN. The van der Waals surface area contributed by atoms with Gasteiger partial charge in [0, 0.05) is 22.5 Å². The number of fused-ring (bicyclic) bond motifs is 1. The zero-order valence-corrected chi connectivity index (χ0v) is 7.95. The molecule has 0 fully saturated rings. The summed E-state index contributed by atoms with van der Waals surface area (Å²) < 4.78 is 13.4. The summed E-state index contributed by atoms with van der Waals surface area (Å²) in [5.74, 6) is 0.129. The Morgan fingerprint density at radius 2 is 2.23 bits per heavy atom. The van der Waals surface area contributed by atoms with E-state index in [1.807, 2.05) is 13.0 Å². The van der Waals surface area contributed by atoms with Crippen LogP contribution < -0.4 is 0 Å². The van der Waals surface area contributed by atoms with Crippen molar-refractivity contribution in [3.63, 3.8) is 0 Å². The van der Waals surface area contributed by atoms with Crippen LogP contribution in [0.1, 0.15) is 11.3 Å². The van der Waals surface area contributed by atoms with Gasteiger partial charge >= 0.3 is 0 Å². The third kappa shape index (κ3) is 1.22. The van der Waals surface area contributed by atoms with Crippen LogP contribution in [0.5, 0.6) is 0 Å². The maximum absolute atomic E-state index is 13.4. The molecule has 0 atom stereocenters. The van der Waals surface area contributed by atoms with Crippen molar-refractivity contribution in [3.05, 3.63) is 35.3 Å². The average Bonchev–Trinajstić information content (AvgIpc) is 2.42. The third-order valence-electron chi connectivity index (χ3n) is 2.22. The average molecular weight is 198 g/mol. The van der Waals surface area contributed by atoms with Crippen LogP contribution in [-0.2, 0) is 5.88 Å². The van der Waals surface area contributed by atoms with E-state index in [2.05, 4.69) is 4.98 Å². The fourth-order valence-corrected chi connectivity index (χ4v) is 1.90. The summed E-state index contributed by atoms with van der Waals surface area (Å²) >= 11 is 5.74. The molecule has 1 aromatic heterocycles. The third-order valence-corrected chi connectivity index (χ3v) is 2.49. The number of hydrogen-bond donors (Lipinski definition) is 1. The summed E-state index contributed by atoms with van der Waals surface area (Å²) in [6, 6.07) is 4.98. The number of aromatic nitrogens is 1. The highest BCUT2D eigenvalue weighted by molar-refractivity contribution is 6.18. The van der Waals surface area contributed by atoms with Crippen LogP contribution in [0.3, 0.4) is 0 Å². The molecule has 0 aliphatic rings. The number of nitrogens with one attached hydrogen (secondary N) is 1. The van der Waals surface area contributed by atoms with Crippen LogP contribution in [-0.4, -0.2) is 4.98 Å². The number of halogens is 2. The van der Waals surface area contributed by atoms with Crippen LogP contribution in [0.4, 0.5) is 4.39 Å². The van der Waals surface area contributed by atoms with Gasteiger partial charge in [0.1, 0.15) is 5.82 Å². The first-order valence-corrected chi connectivity index (χ1v) is 4.59. The molecule has 1 aromatic carbocycles. The Morgan fingerprint density at radius 1 is 1.46 bits per heavy atom. The molecule has 0 bridgehead atoms. The van der Waals surface area contributed by atoms with E-state index in [0.29, 0.717) is 11.3 Å². The first-order chi connectivity index (χ1) is 6.24. The molecule has 3 heteroatoms. The summed E-state index contributed by atoms with van der Waals surface area (Å²) in [5, 5.41) is 0.620. The van der Waals surface area contributed by atoms with Gasteiger partial charge in [0.05, 0.1) is 0 Å². The Labute approximate surface area is 80.5 Å². The van der Waals surface area contributed by atoms with Gasteiger partial charge in [-0.2, -0.15) is 0 Å². The van der Waals surface area contributed by atoms with E-state index in [-0.39, 0.29) is 5.82 Å². The summed E-state index contributed by atoms with van der Waals surface area (Å²) in [5.41, 5.74) is 2.61. The zero-order valence-electron chi connectivity index (χ0n) is 7.20. The van der Waals surface area contributed by atoms with Gasteiger partial charge in [0.25, 0.3) is 0 Å². The van der Waals surface area contributed by atoms with Gasteiger partial charge < -0.3 is 4.98 Å². The largest absolute Gasteiger partial charge is 0.358 e. The molecule has 68 valence electrons. The molecule has 0 amide bonds. The fourth-order valence-electron chi connectivity index (χ4n) is 1.57. The van der Waals surface area contributed by atoms with Crippen molar-refractivity contribution in [1.29, 1.82) is 0 Å². The number of aryl methyl sites for hydroxylation is 1. The number of rotatable bonds is 1. The first-order valence-electron chi connectivity index (χ1n) is 4.05. The molecule has 0 saturated carbocycles. The van der Waals surface area contributed by atoms with E-state index in [1.165, 1.54) is 6.07 Å². The number of aromatic amines is 1. The van der Waals surface area contributed by atoms with Gasteiger partial charge in [0.15, 0.2) is 0 Å². The minimum atomic E-state index is -0.211. The van der Waals surface area contributed by atoms with Gasteiger partial charge in [-0.3, -0.25) is 0 Å². The molecule has 13 heavy (non-hydrogen) atoms. The van der Waals surface area contributed by atoms with Gasteiger partial charge in [0.2, 0.25) is 0 Å². The second kappa shape index (κ2) is 3.04. The number of alkyl halides is 1. The Hall–Kier alpha value is -1.02. The molecule has 0 aliphatic heterocycles. The zero-order chi connectivity index (χ0) is 9.42. The van der Waals surface area contributed by atoms with Gasteiger partial charge in [-0.15, -0.1) is 11.6 Å². The second-order valence-electron chi connectivity index (χ2n) is 3.02. The van der Waals surface area contributed by atoms with Crippen molar-refractivity contribution in [2.24, 2.45) is 0 Å². The fraction of sp³-hybridized carbons (Fsp3) is 0.200. The Morgan fingerprint density at radius 3 is 2.92 bits per heavy atom. The van der Waals surface area contributed by atoms with Crippen molar-refractivity contribution in [2.75, 3.05) is 0 Å². The van der Waals surface area contributed by atoms with Crippen LogP contribution in [0.15, 0.2) is 18.2 Å². The topological polar surface area (TPSA) is 15.8 Å². The highest BCUT2D eigenvalue weighted by Crippen LogP contribution is 2.25. The Kier molecular flexibility index (Phi) is 2.00. The van der Waals surface area contributed by atoms with Gasteiger partial charge in [-0.1, -0.05) is 6.07 Å². The smallest absolute Gasteiger partial charge is 0.132 e. The summed E-state index contributed by atoms with van der Waals surface area (Å²) in [6.07, 6.45) is 0. The minimum absolute atomic E-state index is 0.211. The second-order valence-corrected chi connectivity index (χ2v) is 3.29. The summed E-state index contributed by atoms with van der Waals surface area (Å²) in [7, 11) is 0. The minimum Gasteiger partial charge on any atom is -0.358 e. The van der Waals surface area contributed by atoms with E-state index < -0.39 is 0 Å². The lowest BCUT2D eigenvalue weighted by atomic mass is 10.1. The highest BCUT2D eigenvalue weighted by atomic mass is 35.5. The van der Waals surface area contributed by atoms with Gasteiger partial charge in [-0.25, -0.2) is 4.39 Å². The van der Waals surface area contributed by atoms with Crippen LogP contribution in [0.2, 0.25) is 0 Å². The number of H-pyrrole nitrogens is 1. The maximum Gasteiger partial charge on any atom is 0.132 e. The van der Waals surface area contributed by atoms with E-state index in [9.17, 15) is 4.39 Å². The molecule has 2 rings (SSSR count). The lowest BCUT2D eigenvalue weighted by Crippen LogP contribution is -1.81. The molecule has 0 saturated heterocycles.